The van der Waals surface area contributed by atoms with Gasteiger partial charge in [-0.25, -0.2) is 5.43 Å². The molecule has 178 valence electrons. The van der Waals surface area contributed by atoms with Crippen LogP contribution >= 0.6 is 11.3 Å². The molecule has 1 N–H and O–H groups in total. The molecule has 0 bridgehead atoms. The summed E-state index contributed by atoms with van der Waals surface area (Å²) in [7, 11) is 0. The molecule has 2 heterocycles. The summed E-state index contributed by atoms with van der Waals surface area (Å²) in [4.78, 5) is 23.6. The molecule has 1 amide bonds. The molecule has 5 rings (SSSR count). The fourth-order valence-corrected chi connectivity index (χ4v) is 5.15. The number of hydrogen-bond donors (Lipinski definition) is 1. The van der Waals surface area contributed by atoms with Gasteiger partial charge in [0.05, 0.1) is 16.0 Å². The van der Waals surface area contributed by atoms with E-state index in [0.717, 1.165) is 32.9 Å². The van der Waals surface area contributed by atoms with E-state index in [1.807, 2.05) is 38.1 Å². The van der Waals surface area contributed by atoms with Crippen molar-refractivity contribution in [1.29, 1.82) is 0 Å². The van der Waals surface area contributed by atoms with Crippen molar-refractivity contribution in [1.82, 2.24) is 9.99 Å². The zero-order chi connectivity index (χ0) is 25.2. The van der Waals surface area contributed by atoms with Gasteiger partial charge in [-0.3, -0.25) is 14.9 Å². The molecule has 7 nitrogen and oxygen atoms in total. The van der Waals surface area contributed by atoms with Gasteiger partial charge in [0.1, 0.15) is 0 Å². The summed E-state index contributed by atoms with van der Waals surface area (Å²) in [5.74, 6) is -0.361. The Labute approximate surface area is 211 Å². The summed E-state index contributed by atoms with van der Waals surface area (Å²) in [6.45, 7) is 4.05. The summed E-state index contributed by atoms with van der Waals surface area (Å²) in [6, 6.07) is 26.9. The van der Waals surface area contributed by atoms with E-state index in [0.29, 0.717) is 10.3 Å². The minimum atomic E-state index is -0.449. The largest absolute Gasteiger partial charge is 0.318 e. The van der Waals surface area contributed by atoms with Crippen LogP contribution in [0.3, 0.4) is 0 Å². The standard InChI is InChI=1S/C28H22N4O3S/c1-18-14-23(19(2)31(18)24-10-8-21(9-11-24)20-6-4-3-5-7-20)17-29-30-28(33)27-16-22-15-25(32(34)35)12-13-26(22)36-27/h3-17H,1-2H3,(H,30,33)/b29-17+. The van der Waals surface area contributed by atoms with Gasteiger partial charge in [0, 0.05) is 44.9 Å². The highest BCUT2D eigenvalue weighted by atomic mass is 32.1. The van der Waals surface area contributed by atoms with Crippen LogP contribution in [0.4, 0.5) is 5.69 Å². The van der Waals surface area contributed by atoms with E-state index in [4.69, 9.17) is 0 Å². The molecule has 5 aromatic rings. The Morgan fingerprint density at radius 3 is 2.42 bits per heavy atom. The van der Waals surface area contributed by atoms with Gasteiger partial charge in [0.25, 0.3) is 11.6 Å². The number of nitro groups is 1. The predicted octanol–water partition coefficient (Wildman–Crippen LogP) is 6.65. The monoisotopic (exact) mass is 494 g/mol. The summed E-state index contributed by atoms with van der Waals surface area (Å²) in [5, 5.41) is 15.8. The first-order chi connectivity index (χ1) is 17.4. The van der Waals surface area contributed by atoms with Gasteiger partial charge in [0.2, 0.25) is 0 Å². The van der Waals surface area contributed by atoms with Gasteiger partial charge >= 0.3 is 0 Å². The molecule has 0 saturated carbocycles. The number of rotatable bonds is 6. The molecule has 36 heavy (non-hydrogen) atoms. The van der Waals surface area contributed by atoms with E-state index >= 15 is 0 Å². The van der Waals surface area contributed by atoms with Crippen molar-refractivity contribution in [3.63, 3.8) is 0 Å². The highest BCUT2D eigenvalue weighted by Gasteiger charge is 2.14. The molecule has 0 spiro atoms. The smallest absolute Gasteiger partial charge is 0.281 e. The number of hydrazone groups is 1. The molecule has 0 fully saturated rings. The summed E-state index contributed by atoms with van der Waals surface area (Å²) < 4.78 is 2.95. The van der Waals surface area contributed by atoms with Gasteiger partial charge in [-0.15, -0.1) is 11.3 Å². The average molecular weight is 495 g/mol. The minimum absolute atomic E-state index is 0.00431. The van der Waals surface area contributed by atoms with E-state index in [9.17, 15) is 14.9 Å². The quantitative estimate of drug-likeness (QED) is 0.163. The average Bonchev–Trinajstić information content (AvgIpc) is 3.44. The molecule has 2 aromatic heterocycles. The number of carbonyl (C=O) groups excluding carboxylic acids is 1. The number of non-ortho nitro benzene ring substituents is 1. The number of thiophene rings is 1. The van der Waals surface area contributed by atoms with Crippen LogP contribution in [0.25, 0.3) is 26.9 Å². The first-order valence-corrected chi connectivity index (χ1v) is 12.1. The van der Waals surface area contributed by atoms with Crippen molar-refractivity contribution >= 4 is 39.2 Å². The van der Waals surface area contributed by atoms with E-state index in [-0.39, 0.29) is 11.6 Å². The van der Waals surface area contributed by atoms with E-state index in [1.165, 1.54) is 29.0 Å². The van der Waals surface area contributed by atoms with Crippen LogP contribution < -0.4 is 5.43 Å². The Balaban J connectivity index is 1.32. The molecule has 0 atom stereocenters. The fourth-order valence-electron chi connectivity index (χ4n) is 4.22. The van der Waals surface area contributed by atoms with E-state index in [1.54, 1.807) is 18.3 Å². The van der Waals surface area contributed by atoms with Crippen molar-refractivity contribution in [3.8, 4) is 16.8 Å². The number of amides is 1. The molecular formula is C28H22N4O3S. The Kier molecular flexibility index (Phi) is 6.18. The molecule has 0 saturated heterocycles. The maximum atomic E-state index is 12.6. The van der Waals surface area contributed by atoms with Gasteiger partial charge < -0.3 is 4.57 Å². The lowest BCUT2D eigenvalue weighted by atomic mass is 10.1. The summed E-state index contributed by atoms with van der Waals surface area (Å²) >= 11 is 1.27. The zero-order valence-electron chi connectivity index (χ0n) is 19.6. The lowest BCUT2D eigenvalue weighted by molar-refractivity contribution is -0.384. The Bertz CT molecular complexity index is 1620. The molecule has 0 aliphatic carbocycles. The highest BCUT2D eigenvalue weighted by Crippen LogP contribution is 2.29. The maximum absolute atomic E-state index is 12.6. The number of nitrogens with zero attached hydrogens (tertiary/aromatic N) is 3. The lowest BCUT2D eigenvalue weighted by Gasteiger charge is -2.11. The molecule has 8 heteroatoms. The number of benzene rings is 3. The Morgan fingerprint density at radius 1 is 0.972 bits per heavy atom. The fraction of sp³-hybridized carbons (Fsp3) is 0.0714. The van der Waals surface area contributed by atoms with Crippen molar-refractivity contribution in [3.05, 3.63) is 117 Å². The summed E-state index contributed by atoms with van der Waals surface area (Å²) in [6.07, 6.45) is 1.63. The van der Waals surface area contributed by atoms with Gasteiger partial charge in [0.15, 0.2) is 0 Å². The summed E-state index contributed by atoms with van der Waals surface area (Å²) in [5.41, 5.74) is 8.89. The molecule has 0 radical (unpaired) electrons. The first-order valence-electron chi connectivity index (χ1n) is 11.3. The molecule has 0 unspecified atom stereocenters. The third-order valence-corrected chi connectivity index (χ3v) is 7.12. The number of nitrogens with one attached hydrogen (secondary N) is 1. The van der Waals surface area contributed by atoms with E-state index in [2.05, 4.69) is 51.5 Å². The maximum Gasteiger partial charge on any atom is 0.281 e. The highest BCUT2D eigenvalue weighted by molar-refractivity contribution is 7.20. The second-order valence-electron chi connectivity index (χ2n) is 8.36. The Hall–Kier alpha value is -4.56. The van der Waals surface area contributed by atoms with Crippen LogP contribution in [0.15, 0.2) is 90.0 Å². The van der Waals surface area contributed by atoms with Crippen molar-refractivity contribution in [2.75, 3.05) is 0 Å². The van der Waals surface area contributed by atoms with Crippen molar-refractivity contribution in [2.45, 2.75) is 13.8 Å². The number of aromatic nitrogens is 1. The third kappa shape index (κ3) is 4.54. The molecule has 0 aliphatic heterocycles. The van der Waals surface area contributed by atoms with E-state index < -0.39 is 4.92 Å². The topological polar surface area (TPSA) is 89.5 Å². The lowest BCUT2D eigenvalue weighted by Crippen LogP contribution is -2.16. The van der Waals surface area contributed by atoms with Crippen LogP contribution in [0.5, 0.6) is 0 Å². The third-order valence-electron chi connectivity index (χ3n) is 6.01. The van der Waals surface area contributed by atoms with Crippen LogP contribution in [0, 0.1) is 24.0 Å². The molecular weight excluding hydrogens is 472 g/mol. The minimum Gasteiger partial charge on any atom is -0.318 e. The second-order valence-corrected chi connectivity index (χ2v) is 9.45. The normalized spacial score (nSPS) is 11.3. The van der Waals surface area contributed by atoms with Crippen LogP contribution in [0.2, 0.25) is 0 Å². The van der Waals surface area contributed by atoms with Crippen LogP contribution in [-0.4, -0.2) is 21.6 Å². The number of fused-ring (bicyclic) bond motifs is 1. The van der Waals surface area contributed by atoms with Crippen LogP contribution in [0.1, 0.15) is 26.6 Å². The number of carbonyl (C=O) groups is 1. The zero-order valence-corrected chi connectivity index (χ0v) is 20.5. The van der Waals surface area contributed by atoms with Crippen molar-refractivity contribution < 1.29 is 9.72 Å². The number of hydrogen-bond acceptors (Lipinski definition) is 5. The van der Waals surface area contributed by atoms with Crippen LogP contribution in [-0.2, 0) is 0 Å². The van der Waals surface area contributed by atoms with Gasteiger partial charge in [-0.05, 0) is 55.3 Å². The molecule has 3 aromatic carbocycles. The van der Waals surface area contributed by atoms with Crippen molar-refractivity contribution in [2.24, 2.45) is 5.10 Å². The number of aryl methyl sites for hydroxylation is 1. The molecule has 0 aliphatic rings. The second kappa shape index (κ2) is 9.59. The Morgan fingerprint density at radius 2 is 1.69 bits per heavy atom. The SMILES string of the molecule is Cc1cc(/C=N/NC(=O)c2cc3cc([N+](=O)[O-])ccc3s2)c(C)n1-c1ccc(-c2ccccc2)cc1. The number of nitro benzene ring substituents is 1. The van der Waals surface area contributed by atoms with Gasteiger partial charge in [-0.1, -0.05) is 42.5 Å². The first kappa shape index (κ1) is 23.2. The predicted molar refractivity (Wildman–Crippen MR) is 144 cm³/mol. The van der Waals surface area contributed by atoms with Gasteiger partial charge in [-0.2, -0.15) is 5.10 Å².